The molecule has 0 bridgehead atoms. The Balaban J connectivity index is 3.47. The molecule has 3 nitrogen and oxygen atoms in total. The summed E-state index contributed by atoms with van der Waals surface area (Å²) >= 11 is 14.7. The van der Waals surface area contributed by atoms with Gasteiger partial charge < -0.3 is 0 Å². The summed E-state index contributed by atoms with van der Waals surface area (Å²) in [6, 6.07) is 2.72. The van der Waals surface area contributed by atoms with Gasteiger partial charge in [0, 0.05) is 10.4 Å². The van der Waals surface area contributed by atoms with Gasteiger partial charge in [-0.25, -0.2) is 13.6 Å². The lowest BCUT2D eigenvalue weighted by molar-refractivity contribution is 0.598. The molecule has 0 aliphatic heterocycles. The number of rotatable bonds is 2. The van der Waals surface area contributed by atoms with Crippen LogP contribution in [-0.2, 0) is 15.4 Å². The molecule has 7 heteroatoms. The van der Waals surface area contributed by atoms with Crippen molar-refractivity contribution >= 4 is 49.2 Å². The summed E-state index contributed by atoms with van der Waals surface area (Å²) < 4.78 is 22.1. The highest BCUT2D eigenvalue weighted by Gasteiger charge is 2.15. The fourth-order valence-electron chi connectivity index (χ4n) is 0.892. The first-order valence-electron chi connectivity index (χ1n) is 3.43. The summed E-state index contributed by atoms with van der Waals surface area (Å²) in [5.74, 6) is 0. The molecular formula is C7H6BrCl2NO2S. The van der Waals surface area contributed by atoms with Crippen LogP contribution in [-0.4, -0.2) is 8.42 Å². The minimum atomic E-state index is -3.79. The van der Waals surface area contributed by atoms with E-state index in [1.165, 1.54) is 12.1 Å². The second-order valence-corrected chi connectivity index (χ2v) is 5.46. The Labute approximate surface area is 100 Å². The highest BCUT2D eigenvalue weighted by atomic mass is 79.9. The lowest BCUT2D eigenvalue weighted by Gasteiger charge is -2.05. The third kappa shape index (κ3) is 2.61. The van der Waals surface area contributed by atoms with Gasteiger partial charge in [-0.05, 0) is 17.7 Å². The van der Waals surface area contributed by atoms with Crippen LogP contribution in [0.5, 0.6) is 0 Å². The van der Waals surface area contributed by atoms with Gasteiger partial charge in [-0.3, -0.25) is 0 Å². The number of halogens is 3. The lowest BCUT2D eigenvalue weighted by atomic mass is 10.2. The smallest absolute Gasteiger partial charge is 0.225 e. The van der Waals surface area contributed by atoms with Gasteiger partial charge in [0.05, 0.1) is 5.02 Å². The zero-order chi connectivity index (χ0) is 10.9. The Bertz CT molecular complexity index is 461. The van der Waals surface area contributed by atoms with Crippen LogP contribution in [0.2, 0.25) is 10.0 Å². The number of alkyl halides is 1. The number of benzene rings is 1. The van der Waals surface area contributed by atoms with Crippen molar-refractivity contribution in [1.29, 1.82) is 0 Å². The lowest BCUT2D eigenvalue weighted by Crippen LogP contribution is -2.13. The van der Waals surface area contributed by atoms with Crippen LogP contribution in [0.1, 0.15) is 5.56 Å². The van der Waals surface area contributed by atoms with Crippen LogP contribution >= 0.6 is 39.1 Å². The predicted molar refractivity (Wildman–Crippen MR) is 60.5 cm³/mol. The summed E-state index contributed by atoms with van der Waals surface area (Å²) in [5.41, 5.74) is 0.625. The number of primary sulfonamides is 1. The molecule has 0 amide bonds. The van der Waals surface area contributed by atoms with E-state index in [1.807, 2.05) is 0 Å². The van der Waals surface area contributed by atoms with Crippen molar-refractivity contribution in [3.8, 4) is 0 Å². The number of sulfonamides is 1. The van der Waals surface area contributed by atoms with Gasteiger partial charge >= 0.3 is 0 Å². The molecule has 2 N–H and O–H groups in total. The maximum atomic E-state index is 11.1. The molecule has 0 spiro atoms. The summed E-state index contributed by atoms with van der Waals surface area (Å²) in [5, 5.41) is 5.83. The standard InChI is InChI=1S/C7H6BrCl2NO2S/c8-3-4-1-7(14(11,12)13)6(10)2-5(4)9/h1-2H,3H2,(H2,11,12,13). The monoisotopic (exact) mass is 317 g/mol. The average molecular weight is 319 g/mol. The molecule has 0 fully saturated rings. The van der Waals surface area contributed by atoms with E-state index in [1.54, 1.807) is 0 Å². The second-order valence-electron chi connectivity index (χ2n) is 2.55. The molecule has 0 saturated carbocycles. The van der Waals surface area contributed by atoms with Crippen molar-refractivity contribution in [2.75, 3.05) is 0 Å². The van der Waals surface area contributed by atoms with Crippen LogP contribution in [0.25, 0.3) is 0 Å². The molecule has 0 saturated heterocycles. The van der Waals surface area contributed by atoms with E-state index in [2.05, 4.69) is 15.9 Å². The van der Waals surface area contributed by atoms with Crippen molar-refractivity contribution in [3.63, 3.8) is 0 Å². The van der Waals surface area contributed by atoms with Crippen molar-refractivity contribution in [1.82, 2.24) is 0 Å². The van der Waals surface area contributed by atoms with Gasteiger partial charge in [-0.1, -0.05) is 39.1 Å². The Morgan fingerprint density at radius 1 is 1.29 bits per heavy atom. The third-order valence-corrected chi connectivity index (χ3v) is 3.88. The van der Waals surface area contributed by atoms with Gasteiger partial charge in [0.2, 0.25) is 10.0 Å². The largest absolute Gasteiger partial charge is 0.239 e. The normalized spacial score (nSPS) is 11.7. The van der Waals surface area contributed by atoms with E-state index in [0.717, 1.165) is 0 Å². The average Bonchev–Trinajstić information content (AvgIpc) is 2.02. The SMILES string of the molecule is NS(=O)(=O)c1cc(CBr)c(Cl)cc1Cl. The summed E-state index contributed by atoms with van der Waals surface area (Å²) in [7, 11) is -3.79. The van der Waals surface area contributed by atoms with E-state index < -0.39 is 10.0 Å². The van der Waals surface area contributed by atoms with E-state index in [-0.39, 0.29) is 9.92 Å². The molecule has 0 radical (unpaired) electrons. The second kappa shape index (κ2) is 4.37. The minimum absolute atomic E-state index is 0.0298. The highest BCUT2D eigenvalue weighted by Crippen LogP contribution is 2.28. The first-order valence-corrected chi connectivity index (χ1v) is 6.85. The Morgan fingerprint density at radius 2 is 1.86 bits per heavy atom. The van der Waals surface area contributed by atoms with E-state index in [0.29, 0.717) is 15.9 Å². The van der Waals surface area contributed by atoms with Crippen LogP contribution in [0, 0.1) is 0 Å². The van der Waals surface area contributed by atoms with Crippen molar-refractivity contribution < 1.29 is 8.42 Å². The minimum Gasteiger partial charge on any atom is -0.225 e. The topological polar surface area (TPSA) is 60.2 Å². The van der Waals surface area contributed by atoms with E-state index in [9.17, 15) is 8.42 Å². The molecule has 1 rings (SSSR count). The van der Waals surface area contributed by atoms with Crippen molar-refractivity contribution in [2.45, 2.75) is 10.2 Å². The predicted octanol–water partition coefficient (Wildman–Crippen LogP) is 2.54. The summed E-state index contributed by atoms with van der Waals surface area (Å²) in [6.45, 7) is 0. The molecular weight excluding hydrogens is 313 g/mol. The molecule has 14 heavy (non-hydrogen) atoms. The summed E-state index contributed by atoms with van der Waals surface area (Å²) in [6.07, 6.45) is 0. The molecule has 0 atom stereocenters. The van der Waals surface area contributed by atoms with Gasteiger partial charge in [0.1, 0.15) is 4.90 Å². The Morgan fingerprint density at radius 3 is 2.29 bits per heavy atom. The summed E-state index contributed by atoms with van der Waals surface area (Å²) in [4.78, 5) is -0.113. The van der Waals surface area contributed by atoms with E-state index in [4.69, 9.17) is 28.3 Å². The number of hydrogen-bond acceptors (Lipinski definition) is 2. The molecule has 0 aromatic heterocycles. The number of nitrogens with two attached hydrogens (primary N) is 1. The zero-order valence-corrected chi connectivity index (χ0v) is 10.7. The molecule has 0 aliphatic carbocycles. The quantitative estimate of drug-likeness (QED) is 0.852. The highest BCUT2D eigenvalue weighted by molar-refractivity contribution is 9.08. The molecule has 1 aromatic carbocycles. The first kappa shape index (κ1) is 12.3. The van der Waals surface area contributed by atoms with Crippen LogP contribution < -0.4 is 5.14 Å². The van der Waals surface area contributed by atoms with E-state index >= 15 is 0 Å². The van der Waals surface area contributed by atoms with Gasteiger partial charge in [-0.2, -0.15) is 0 Å². The number of hydrogen-bond donors (Lipinski definition) is 1. The molecule has 0 heterocycles. The fourth-order valence-corrected chi connectivity index (χ4v) is 2.93. The Kier molecular flexibility index (Phi) is 3.82. The van der Waals surface area contributed by atoms with Crippen LogP contribution in [0.15, 0.2) is 17.0 Å². The van der Waals surface area contributed by atoms with Gasteiger partial charge in [0.15, 0.2) is 0 Å². The molecule has 1 aromatic rings. The Hall–Kier alpha value is 0.190. The van der Waals surface area contributed by atoms with Crippen molar-refractivity contribution in [3.05, 3.63) is 27.7 Å². The molecule has 78 valence electrons. The maximum absolute atomic E-state index is 11.1. The molecule has 0 aliphatic rings. The molecule has 0 unspecified atom stereocenters. The maximum Gasteiger partial charge on any atom is 0.239 e. The van der Waals surface area contributed by atoms with Crippen LogP contribution in [0.4, 0.5) is 0 Å². The van der Waals surface area contributed by atoms with Crippen molar-refractivity contribution in [2.24, 2.45) is 5.14 Å². The van der Waals surface area contributed by atoms with Gasteiger partial charge in [-0.15, -0.1) is 0 Å². The zero-order valence-electron chi connectivity index (χ0n) is 6.80. The third-order valence-electron chi connectivity index (χ3n) is 1.55. The fraction of sp³-hybridized carbons (Fsp3) is 0.143. The van der Waals surface area contributed by atoms with Crippen LogP contribution in [0.3, 0.4) is 0 Å². The first-order chi connectivity index (χ1) is 6.36. The van der Waals surface area contributed by atoms with Gasteiger partial charge in [0.25, 0.3) is 0 Å².